The third-order valence-electron chi connectivity index (χ3n) is 2.50. The van der Waals surface area contributed by atoms with E-state index in [0.717, 1.165) is 24.5 Å². The summed E-state index contributed by atoms with van der Waals surface area (Å²) >= 11 is 1.75. The minimum absolute atomic E-state index is 0. The Bertz CT molecular complexity index is 541. The van der Waals surface area contributed by atoms with Crippen molar-refractivity contribution < 1.29 is 0 Å². The highest BCUT2D eigenvalue weighted by atomic mass is 127. The lowest BCUT2D eigenvalue weighted by atomic mass is 10.3. The molecule has 2 rings (SSSR count). The molecule has 7 heteroatoms. The van der Waals surface area contributed by atoms with Gasteiger partial charge >= 0.3 is 0 Å². The summed E-state index contributed by atoms with van der Waals surface area (Å²) in [5.74, 6) is 1.20. The molecule has 2 aromatic rings. The zero-order valence-corrected chi connectivity index (χ0v) is 14.4. The Kier molecular flexibility index (Phi) is 7.45. The minimum atomic E-state index is 0. The lowest BCUT2D eigenvalue weighted by Gasteiger charge is -2.04. The van der Waals surface area contributed by atoms with Gasteiger partial charge in [0, 0.05) is 17.6 Å². The van der Waals surface area contributed by atoms with Gasteiger partial charge in [-0.15, -0.1) is 35.3 Å². The third kappa shape index (κ3) is 5.83. The molecule has 0 aliphatic rings. The maximum Gasteiger partial charge on any atom is 0.188 e. The molecule has 0 fully saturated rings. The Hall–Kier alpha value is -1.22. The summed E-state index contributed by atoms with van der Waals surface area (Å²) in [7, 11) is 0. The monoisotopic (exact) mass is 403 g/mol. The van der Waals surface area contributed by atoms with Crippen molar-refractivity contribution in [3.05, 3.63) is 46.2 Å². The smallest absolute Gasteiger partial charge is 0.188 e. The summed E-state index contributed by atoms with van der Waals surface area (Å²) < 4.78 is 0. The fraction of sp³-hybridized carbons (Fsp3) is 0.308. The number of aliphatic imine (C=N–C) groups is 1. The molecule has 2 aromatic heterocycles. The maximum absolute atomic E-state index is 5.80. The normalized spacial score (nSPS) is 10.9. The fourth-order valence-corrected chi connectivity index (χ4v) is 2.29. The van der Waals surface area contributed by atoms with Crippen molar-refractivity contribution >= 4 is 41.3 Å². The molecule has 0 spiro atoms. The molecular formula is C13H18IN5S. The Morgan fingerprint density at radius 1 is 1.45 bits per heavy atom. The van der Waals surface area contributed by atoms with Crippen molar-refractivity contribution in [3.8, 4) is 0 Å². The predicted octanol–water partition coefficient (Wildman–Crippen LogP) is 2.11. The first-order valence-electron chi connectivity index (χ1n) is 6.09. The van der Waals surface area contributed by atoms with E-state index in [1.165, 1.54) is 4.88 Å². The van der Waals surface area contributed by atoms with Crippen molar-refractivity contribution in [3.63, 3.8) is 0 Å². The molecule has 0 bridgehead atoms. The van der Waals surface area contributed by atoms with Gasteiger partial charge in [-0.1, -0.05) is 6.07 Å². The summed E-state index contributed by atoms with van der Waals surface area (Å²) in [6.45, 7) is 3.12. The first-order valence-corrected chi connectivity index (χ1v) is 6.97. The van der Waals surface area contributed by atoms with Crippen LogP contribution in [0.15, 0.2) is 34.8 Å². The second-order valence-electron chi connectivity index (χ2n) is 4.05. The van der Waals surface area contributed by atoms with Crippen molar-refractivity contribution in [1.82, 2.24) is 15.3 Å². The number of nitrogens with zero attached hydrogens (tertiary/aromatic N) is 3. The molecule has 2 heterocycles. The van der Waals surface area contributed by atoms with Gasteiger partial charge in [-0.3, -0.25) is 0 Å². The molecular weight excluding hydrogens is 385 g/mol. The zero-order chi connectivity index (χ0) is 13.5. The van der Waals surface area contributed by atoms with E-state index in [-0.39, 0.29) is 24.0 Å². The van der Waals surface area contributed by atoms with Crippen LogP contribution in [0.3, 0.4) is 0 Å². The molecule has 0 amide bonds. The van der Waals surface area contributed by atoms with Gasteiger partial charge in [-0.05, 0) is 30.9 Å². The van der Waals surface area contributed by atoms with E-state index in [4.69, 9.17) is 5.73 Å². The number of hydrogen-bond donors (Lipinski definition) is 2. The number of rotatable bonds is 5. The second kappa shape index (κ2) is 8.85. The highest BCUT2D eigenvalue weighted by Crippen LogP contribution is 2.07. The van der Waals surface area contributed by atoms with Crippen LogP contribution >= 0.6 is 35.3 Å². The van der Waals surface area contributed by atoms with Gasteiger partial charge in [0.2, 0.25) is 0 Å². The number of halogens is 1. The topological polar surface area (TPSA) is 76.2 Å². The Balaban J connectivity index is 0.00000200. The van der Waals surface area contributed by atoms with E-state index in [9.17, 15) is 0 Å². The molecule has 0 atom stereocenters. The lowest BCUT2D eigenvalue weighted by Crippen LogP contribution is -2.33. The Morgan fingerprint density at radius 2 is 2.30 bits per heavy atom. The molecule has 108 valence electrons. The molecule has 0 saturated heterocycles. The van der Waals surface area contributed by atoms with E-state index in [0.29, 0.717) is 12.5 Å². The zero-order valence-electron chi connectivity index (χ0n) is 11.2. The minimum Gasteiger partial charge on any atom is -0.370 e. The van der Waals surface area contributed by atoms with Crippen LogP contribution in [-0.2, 0) is 13.0 Å². The first kappa shape index (κ1) is 16.8. The fourth-order valence-electron chi connectivity index (χ4n) is 1.58. The molecule has 0 unspecified atom stereocenters. The predicted molar refractivity (Wildman–Crippen MR) is 93.5 cm³/mol. The van der Waals surface area contributed by atoms with Crippen LogP contribution in [0.4, 0.5) is 0 Å². The number of thiophene rings is 1. The maximum atomic E-state index is 5.80. The van der Waals surface area contributed by atoms with Crippen molar-refractivity contribution in [2.75, 3.05) is 6.54 Å². The number of aryl methyl sites for hydroxylation is 1. The van der Waals surface area contributed by atoms with Crippen LogP contribution in [0.5, 0.6) is 0 Å². The molecule has 5 nitrogen and oxygen atoms in total. The highest BCUT2D eigenvalue weighted by Gasteiger charge is 1.97. The average molecular weight is 403 g/mol. The van der Waals surface area contributed by atoms with Crippen molar-refractivity contribution in [2.24, 2.45) is 10.7 Å². The summed E-state index contributed by atoms with van der Waals surface area (Å²) in [6, 6.07) is 6.01. The van der Waals surface area contributed by atoms with Crippen LogP contribution in [0.1, 0.15) is 16.4 Å². The second-order valence-corrected chi connectivity index (χ2v) is 5.09. The Morgan fingerprint density at radius 3 is 3.00 bits per heavy atom. The molecule has 0 aliphatic heterocycles. The SMILES string of the molecule is Cc1nccc(CN=C(N)NCCc2cccs2)n1.I. The Labute approximate surface area is 139 Å². The molecule has 0 aromatic carbocycles. The molecule has 0 radical (unpaired) electrons. The highest BCUT2D eigenvalue weighted by molar-refractivity contribution is 14.0. The van der Waals surface area contributed by atoms with Gasteiger partial charge in [0.15, 0.2) is 5.96 Å². The summed E-state index contributed by atoms with van der Waals surface area (Å²) in [4.78, 5) is 13.9. The largest absolute Gasteiger partial charge is 0.370 e. The van der Waals surface area contributed by atoms with Crippen LogP contribution in [0.2, 0.25) is 0 Å². The number of aromatic nitrogens is 2. The molecule has 3 N–H and O–H groups in total. The number of nitrogens with two attached hydrogens (primary N) is 1. The molecule has 0 saturated carbocycles. The van der Waals surface area contributed by atoms with Crippen LogP contribution in [0, 0.1) is 6.92 Å². The number of guanidine groups is 1. The van der Waals surface area contributed by atoms with Crippen LogP contribution < -0.4 is 11.1 Å². The van der Waals surface area contributed by atoms with Gasteiger partial charge < -0.3 is 11.1 Å². The van der Waals surface area contributed by atoms with Gasteiger partial charge in [-0.25, -0.2) is 15.0 Å². The van der Waals surface area contributed by atoms with E-state index >= 15 is 0 Å². The van der Waals surface area contributed by atoms with E-state index < -0.39 is 0 Å². The number of hydrogen-bond acceptors (Lipinski definition) is 4. The van der Waals surface area contributed by atoms with E-state index in [1.54, 1.807) is 17.5 Å². The van der Waals surface area contributed by atoms with E-state index in [2.05, 4.69) is 37.8 Å². The average Bonchev–Trinajstić information content (AvgIpc) is 2.90. The summed E-state index contributed by atoms with van der Waals surface area (Å²) in [5, 5.41) is 5.17. The standard InChI is InChI=1S/C13H17N5S.HI/c1-10-15-6-4-11(18-10)9-17-13(14)16-7-5-12-3-2-8-19-12;/h2-4,6,8H,5,7,9H2,1H3,(H3,14,16,17);1H. The first-order chi connectivity index (χ1) is 9.24. The van der Waals surface area contributed by atoms with Crippen molar-refractivity contribution in [1.29, 1.82) is 0 Å². The summed E-state index contributed by atoms with van der Waals surface area (Å²) in [6.07, 6.45) is 2.69. The third-order valence-corrected chi connectivity index (χ3v) is 3.44. The lowest BCUT2D eigenvalue weighted by molar-refractivity contribution is 0.848. The quantitative estimate of drug-likeness (QED) is 0.456. The summed E-state index contributed by atoms with van der Waals surface area (Å²) in [5.41, 5.74) is 6.67. The van der Waals surface area contributed by atoms with E-state index in [1.807, 2.05) is 13.0 Å². The number of nitrogens with one attached hydrogen (secondary N) is 1. The molecule has 0 aliphatic carbocycles. The van der Waals surface area contributed by atoms with Crippen LogP contribution in [-0.4, -0.2) is 22.5 Å². The van der Waals surface area contributed by atoms with Gasteiger partial charge in [-0.2, -0.15) is 0 Å². The van der Waals surface area contributed by atoms with Gasteiger partial charge in [0.25, 0.3) is 0 Å². The van der Waals surface area contributed by atoms with Crippen molar-refractivity contribution in [2.45, 2.75) is 19.9 Å². The van der Waals surface area contributed by atoms with Gasteiger partial charge in [0.1, 0.15) is 5.82 Å². The molecule has 20 heavy (non-hydrogen) atoms. The van der Waals surface area contributed by atoms with Gasteiger partial charge in [0.05, 0.1) is 12.2 Å². The van der Waals surface area contributed by atoms with Crippen LogP contribution in [0.25, 0.3) is 0 Å².